The lowest BCUT2D eigenvalue weighted by Gasteiger charge is -2.26. The second-order valence-corrected chi connectivity index (χ2v) is 8.87. The number of hydrogen-bond donors (Lipinski definition) is 3. The molecule has 1 aliphatic rings. The molecule has 0 saturated carbocycles. The maximum atomic E-state index is 12.6. The number of nitrogens with zero attached hydrogens (tertiary/aromatic N) is 1. The summed E-state index contributed by atoms with van der Waals surface area (Å²) in [7, 11) is -3.60. The van der Waals surface area contributed by atoms with Gasteiger partial charge in [-0.2, -0.15) is 4.31 Å². The number of carbonyl (C=O) groups excluding carboxylic acids is 2. The van der Waals surface area contributed by atoms with E-state index in [0.717, 1.165) is 0 Å². The van der Waals surface area contributed by atoms with Crippen LogP contribution >= 0.6 is 11.6 Å². The first kappa shape index (κ1) is 22.0. The number of anilines is 2. The zero-order chi connectivity index (χ0) is 21.7. The van der Waals surface area contributed by atoms with Crippen LogP contribution < -0.4 is 16.4 Å². The predicted molar refractivity (Wildman–Crippen MR) is 113 cm³/mol. The van der Waals surface area contributed by atoms with Gasteiger partial charge >= 0.3 is 0 Å². The predicted octanol–water partition coefficient (Wildman–Crippen LogP) is 1.51. The molecule has 30 heavy (non-hydrogen) atoms. The first-order chi connectivity index (χ1) is 14.3. The van der Waals surface area contributed by atoms with Crippen LogP contribution in [0.2, 0.25) is 5.02 Å². The lowest BCUT2D eigenvalue weighted by Crippen LogP contribution is -2.40. The number of benzene rings is 2. The number of nitrogens with one attached hydrogen (secondary N) is 2. The van der Waals surface area contributed by atoms with E-state index in [1.807, 2.05) is 0 Å². The van der Waals surface area contributed by atoms with Gasteiger partial charge in [0.25, 0.3) is 5.91 Å². The fourth-order valence-corrected chi connectivity index (χ4v) is 4.48. The Bertz CT molecular complexity index is 1040. The normalized spacial score (nSPS) is 14.8. The minimum atomic E-state index is -3.60. The van der Waals surface area contributed by atoms with Crippen LogP contribution in [0.1, 0.15) is 10.4 Å². The zero-order valence-corrected chi connectivity index (χ0v) is 17.5. The SMILES string of the molecule is NC(=O)c1cc(Cl)ccc1NCC(=O)Nc1ccc(S(=O)(=O)N2CCOCC2)cc1. The first-order valence-electron chi connectivity index (χ1n) is 9.08. The van der Waals surface area contributed by atoms with Crippen LogP contribution in [0.3, 0.4) is 0 Å². The smallest absolute Gasteiger partial charge is 0.250 e. The van der Waals surface area contributed by atoms with E-state index in [-0.39, 0.29) is 22.9 Å². The van der Waals surface area contributed by atoms with Crippen LogP contribution in [0.4, 0.5) is 11.4 Å². The fraction of sp³-hybridized carbons (Fsp3) is 0.263. The van der Waals surface area contributed by atoms with Crippen molar-refractivity contribution in [2.45, 2.75) is 4.90 Å². The van der Waals surface area contributed by atoms with E-state index >= 15 is 0 Å². The number of ether oxygens (including phenoxy) is 1. The number of morpholine rings is 1. The molecule has 2 aromatic carbocycles. The molecule has 11 heteroatoms. The molecule has 2 amide bonds. The summed E-state index contributed by atoms with van der Waals surface area (Å²) in [5.74, 6) is -1.05. The van der Waals surface area contributed by atoms with Crippen molar-refractivity contribution in [3.05, 3.63) is 53.1 Å². The van der Waals surface area contributed by atoms with Crippen LogP contribution in [-0.4, -0.2) is 57.4 Å². The Labute approximate surface area is 179 Å². The van der Waals surface area contributed by atoms with Crippen LogP contribution in [-0.2, 0) is 19.6 Å². The third-order valence-electron chi connectivity index (χ3n) is 4.43. The number of carbonyl (C=O) groups is 2. The molecule has 9 nitrogen and oxygen atoms in total. The van der Waals surface area contributed by atoms with Crippen LogP contribution in [0.5, 0.6) is 0 Å². The molecule has 1 aliphatic heterocycles. The Balaban J connectivity index is 1.61. The number of sulfonamides is 1. The standard InChI is InChI=1S/C19H21ClN4O5S/c20-13-1-6-17(16(11-13)19(21)26)22-12-18(25)23-14-2-4-15(5-3-14)30(27,28)24-7-9-29-10-8-24/h1-6,11,22H,7-10,12H2,(H2,21,26)(H,23,25). The van der Waals surface area contributed by atoms with Gasteiger partial charge in [0.1, 0.15) is 0 Å². The van der Waals surface area contributed by atoms with E-state index in [0.29, 0.717) is 42.7 Å². The number of rotatable bonds is 7. The lowest BCUT2D eigenvalue weighted by molar-refractivity contribution is -0.114. The maximum absolute atomic E-state index is 12.6. The topological polar surface area (TPSA) is 131 Å². The Hall–Kier alpha value is -2.66. The molecule has 1 fully saturated rings. The molecule has 0 unspecified atom stereocenters. The molecular formula is C19H21ClN4O5S. The largest absolute Gasteiger partial charge is 0.379 e. The molecule has 160 valence electrons. The summed E-state index contributed by atoms with van der Waals surface area (Å²) in [6.07, 6.45) is 0. The van der Waals surface area contributed by atoms with E-state index in [1.165, 1.54) is 34.6 Å². The molecule has 0 bridgehead atoms. The van der Waals surface area contributed by atoms with Gasteiger partial charge in [0, 0.05) is 29.5 Å². The first-order valence-corrected chi connectivity index (χ1v) is 10.9. The van der Waals surface area contributed by atoms with Gasteiger partial charge in [0.2, 0.25) is 15.9 Å². The van der Waals surface area contributed by atoms with E-state index in [1.54, 1.807) is 12.1 Å². The van der Waals surface area contributed by atoms with Gasteiger partial charge in [-0.05, 0) is 42.5 Å². The third-order valence-corrected chi connectivity index (χ3v) is 6.58. The molecule has 4 N–H and O–H groups in total. The van der Waals surface area contributed by atoms with Crippen molar-refractivity contribution in [3.8, 4) is 0 Å². The average molecular weight is 453 g/mol. The van der Waals surface area contributed by atoms with Crippen molar-refractivity contribution < 1.29 is 22.7 Å². The van der Waals surface area contributed by atoms with Gasteiger partial charge in [-0.15, -0.1) is 0 Å². The van der Waals surface area contributed by atoms with Crippen molar-refractivity contribution in [2.24, 2.45) is 5.73 Å². The number of amides is 2. The number of hydrogen-bond acceptors (Lipinski definition) is 6. The second kappa shape index (κ2) is 9.43. The molecule has 1 heterocycles. The minimum Gasteiger partial charge on any atom is -0.379 e. The molecule has 0 radical (unpaired) electrons. The van der Waals surface area contributed by atoms with Gasteiger partial charge in [0.15, 0.2) is 0 Å². The van der Waals surface area contributed by atoms with Crippen molar-refractivity contribution in [1.82, 2.24) is 4.31 Å². The Morgan fingerprint density at radius 3 is 2.40 bits per heavy atom. The van der Waals surface area contributed by atoms with Crippen LogP contribution in [0.25, 0.3) is 0 Å². The van der Waals surface area contributed by atoms with Gasteiger partial charge < -0.3 is 21.1 Å². The summed E-state index contributed by atoms with van der Waals surface area (Å²) >= 11 is 5.86. The molecule has 0 aromatic heterocycles. The van der Waals surface area contributed by atoms with Crippen molar-refractivity contribution in [2.75, 3.05) is 43.5 Å². The fourth-order valence-electron chi connectivity index (χ4n) is 2.90. The average Bonchev–Trinajstić information content (AvgIpc) is 2.73. The maximum Gasteiger partial charge on any atom is 0.250 e. The summed E-state index contributed by atoms with van der Waals surface area (Å²) in [5, 5.41) is 5.85. The second-order valence-electron chi connectivity index (χ2n) is 6.50. The summed E-state index contributed by atoms with van der Waals surface area (Å²) in [5.41, 5.74) is 6.32. The summed E-state index contributed by atoms with van der Waals surface area (Å²) in [4.78, 5) is 23.9. The quantitative estimate of drug-likeness (QED) is 0.583. The molecule has 1 saturated heterocycles. The molecular weight excluding hydrogens is 432 g/mol. The van der Waals surface area contributed by atoms with Crippen molar-refractivity contribution >= 4 is 44.8 Å². The highest BCUT2D eigenvalue weighted by Crippen LogP contribution is 2.21. The Morgan fingerprint density at radius 1 is 1.10 bits per heavy atom. The van der Waals surface area contributed by atoms with Crippen LogP contribution in [0.15, 0.2) is 47.4 Å². The van der Waals surface area contributed by atoms with E-state index in [2.05, 4.69) is 10.6 Å². The van der Waals surface area contributed by atoms with E-state index in [4.69, 9.17) is 22.1 Å². The van der Waals surface area contributed by atoms with Gasteiger partial charge in [0.05, 0.1) is 30.2 Å². The molecule has 2 aromatic rings. The van der Waals surface area contributed by atoms with Crippen molar-refractivity contribution in [1.29, 1.82) is 0 Å². The van der Waals surface area contributed by atoms with Gasteiger partial charge in [-0.1, -0.05) is 11.6 Å². The highest BCUT2D eigenvalue weighted by molar-refractivity contribution is 7.89. The zero-order valence-electron chi connectivity index (χ0n) is 15.9. The van der Waals surface area contributed by atoms with E-state index in [9.17, 15) is 18.0 Å². The number of primary amides is 1. The third kappa shape index (κ3) is 5.28. The lowest BCUT2D eigenvalue weighted by atomic mass is 10.1. The van der Waals surface area contributed by atoms with E-state index < -0.39 is 15.9 Å². The minimum absolute atomic E-state index is 0.129. The van der Waals surface area contributed by atoms with Gasteiger partial charge in [-0.25, -0.2) is 8.42 Å². The Morgan fingerprint density at radius 2 is 1.77 bits per heavy atom. The summed E-state index contributed by atoms with van der Waals surface area (Å²) in [6.45, 7) is 1.22. The molecule has 0 atom stereocenters. The molecule has 3 rings (SSSR count). The molecule has 0 spiro atoms. The van der Waals surface area contributed by atoms with Crippen LogP contribution in [0, 0.1) is 0 Å². The van der Waals surface area contributed by atoms with Crippen molar-refractivity contribution in [3.63, 3.8) is 0 Å². The monoisotopic (exact) mass is 452 g/mol. The summed E-state index contributed by atoms with van der Waals surface area (Å²) < 4.78 is 31.8. The summed E-state index contributed by atoms with van der Waals surface area (Å²) in [6, 6.07) is 10.5. The number of nitrogens with two attached hydrogens (primary N) is 1. The molecule has 0 aliphatic carbocycles. The van der Waals surface area contributed by atoms with Gasteiger partial charge in [-0.3, -0.25) is 9.59 Å². The highest BCUT2D eigenvalue weighted by Gasteiger charge is 2.26. The Kier molecular flexibility index (Phi) is 6.93. The number of halogens is 1. The highest BCUT2D eigenvalue weighted by atomic mass is 35.5.